The molecular weight excluding hydrogens is 1260 g/mol. The topological polar surface area (TPSA) is 242 Å². The summed E-state index contributed by atoms with van der Waals surface area (Å²) in [6.45, 7) is 48.9. The van der Waals surface area contributed by atoms with Crippen LogP contribution in [0.2, 0.25) is 0 Å². The van der Waals surface area contributed by atoms with E-state index < -0.39 is 45.3 Å². The van der Waals surface area contributed by atoms with Crippen molar-refractivity contribution >= 4 is 65.1 Å². The number of carbonyl (C=O) groups is 4. The van der Waals surface area contributed by atoms with Crippen LogP contribution in [0.15, 0.2) is 35.3 Å². The summed E-state index contributed by atoms with van der Waals surface area (Å²) in [6, 6.07) is 4.38. The molecule has 4 unspecified atom stereocenters. The molecule has 1 aromatic rings. The van der Waals surface area contributed by atoms with Gasteiger partial charge in [0.25, 0.3) is 0 Å². The molecular formula is C62H96B3F6NO18S2. The first kappa shape index (κ1) is 78.8. The second kappa shape index (κ2) is 27.5. The number of Topliss-reactive ketones (excluding diaryl/α,β-unsaturated/α-hetero) is 1. The molecule has 6 aliphatic carbocycles. The normalized spacial score (nSPS) is 28.6. The van der Waals surface area contributed by atoms with Gasteiger partial charge in [-0.15, -0.1) is 3.63 Å². The van der Waals surface area contributed by atoms with Crippen molar-refractivity contribution in [2.75, 3.05) is 19.8 Å². The molecule has 1 aromatic heterocycles. The van der Waals surface area contributed by atoms with E-state index in [1.165, 1.54) is 28.0 Å². The first-order valence-corrected chi connectivity index (χ1v) is 34.0. The van der Waals surface area contributed by atoms with E-state index in [4.69, 9.17) is 47.1 Å². The van der Waals surface area contributed by atoms with Gasteiger partial charge in [0.1, 0.15) is 5.78 Å². The molecule has 3 aliphatic heterocycles. The molecule has 7 fully saturated rings. The summed E-state index contributed by atoms with van der Waals surface area (Å²) < 4.78 is 161. The first-order valence-electron chi connectivity index (χ1n) is 31.2. The molecule has 10 rings (SSSR count). The predicted molar refractivity (Wildman–Crippen MR) is 332 cm³/mol. The van der Waals surface area contributed by atoms with Crippen molar-refractivity contribution in [2.24, 2.45) is 53.3 Å². The van der Waals surface area contributed by atoms with E-state index in [0.29, 0.717) is 74.0 Å². The summed E-state index contributed by atoms with van der Waals surface area (Å²) in [5.41, 5.74) is -7.98. The molecule has 4 saturated carbocycles. The van der Waals surface area contributed by atoms with Crippen LogP contribution in [0.4, 0.5) is 26.3 Å². The molecule has 30 heteroatoms. The van der Waals surface area contributed by atoms with Crippen LogP contribution in [0.1, 0.15) is 195 Å². The maximum absolute atomic E-state index is 11.7. The highest BCUT2D eigenvalue weighted by atomic mass is 32.3. The fourth-order valence-electron chi connectivity index (χ4n) is 11.3. The number of alkyl halides is 6. The molecule has 0 amide bonds. The van der Waals surface area contributed by atoms with Crippen molar-refractivity contribution in [3.8, 4) is 0 Å². The smallest absolute Gasteiger partial charge is 0.466 e. The van der Waals surface area contributed by atoms with Crippen LogP contribution < -0.4 is 0 Å². The lowest BCUT2D eigenvalue weighted by atomic mass is 9.49. The number of esters is 3. The summed E-state index contributed by atoms with van der Waals surface area (Å²) in [5, 5.41) is 0. The van der Waals surface area contributed by atoms with Gasteiger partial charge in [0.15, 0.2) is 0 Å². The third-order valence-corrected chi connectivity index (χ3v) is 21.4. The van der Waals surface area contributed by atoms with Crippen LogP contribution in [-0.2, 0) is 96.0 Å². The number of carbonyl (C=O) groups excluding carboxylic acids is 4. The van der Waals surface area contributed by atoms with E-state index in [-0.39, 0.29) is 87.2 Å². The Hall–Kier alpha value is -3.90. The molecule has 0 N–H and O–H groups in total. The number of hydrogen-bond acceptors (Lipinski definition) is 19. The van der Waals surface area contributed by atoms with Crippen LogP contribution >= 0.6 is 0 Å². The molecule has 9 atom stereocenters. The first-order chi connectivity index (χ1) is 41.4. The average Bonchev–Trinajstić information content (AvgIpc) is 1.57. The molecule has 9 aliphatic rings. The minimum absolute atomic E-state index is 0.0104. The SMILES string of the molecule is CC1(C)OB(B2OC(C)(C)C(C)(C)O2)OC1(C)C.CCOC(=O)C1C2C=C(B3OC(C)(C)C(C)(C)O3)CC21.CCOC(=O)C1[C@H]2CC(=O)C[C@@H]12.CCOC(=O)[C@H]1[C@@H]2C=C(C)C[C@@H]21.Cc1cc(C(C)(C)C)nc(C(C)(C)C)c1.O=S(=O)(OS(=O)(=O)C(F)(F)F)C(F)(F)F. The van der Waals surface area contributed by atoms with Gasteiger partial charge in [-0.2, -0.15) is 43.2 Å². The van der Waals surface area contributed by atoms with E-state index in [9.17, 15) is 62.4 Å². The Labute approximate surface area is 541 Å². The summed E-state index contributed by atoms with van der Waals surface area (Å²) in [6.07, 6.45) is 7.61. The molecule has 520 valence electrons. The molecule has 0 aromatic carbocycles. The van der Waals surface area contributed by atoms with E-state index in [1.807, 2.05) is 72.9 Å². The van der Waals surface area contributed by atoms with Crippen molar-refractivity contribution in [1.29, 1.82) is 0 Å². The summed E-state index contributed by atoms with van der Waals surface area (Å²) >= 11 is 0. The van der Waals surface area contributed by atoms with Crippen LogP contribution in [0.25, 0.3) is 0 Å². The van der Waals surface area contributed by atoms with Crippen LogP contribution in [-0.4, -0.2) is 131 Å². The largest absolute Gasteiger partial charge is 0.524 e. The molecule has 4 heterocycles. The van der Waals surface area contributed by atoms with Gasteiger partial charge < -0.3 is 42.1 Å². The van der Waals surface area contributed by atoms with Crippen molar-refractivity contribution in [3.05, 3.63) is 52.3 Å². The standard InChI is InChI=1S/C15H23BO4.C14H23N.C12H24B2O4.C10H14O2.C9H12O3.C2F6O5S2/c1-6-18-13(17)12-10-7-9(8-11(10)12)16-19-14(2,3)15(4,5)20-16;1-10-8-11(13(2,3)4)15-12(9-10)14(5,6)7;1-9(2)10(3,4)16-13(15-9)14-17-11(5,6)12(7,8)18-14;1-3-12-10(11)9-7-4-6(2)5-8(7)9;1-2-12-9(11)8-6-3-5(10)4-7(6)8;3-1(4,5)14(9,10)13-15(11,12)2(6,7)8/h7,10-12H,6,8H2,1-5H3;8-9H,1-7H3;1-8H3;4,7-9H,3,5H2,1-2H3;6-8H,2-4H2,1H3;/t;;;7-,8+,9+;6-,7+,8?;/m...1../s1. The quantitative estimate of drug-likeness (QED) is 0.0528. The number of hydrogen-bond donors (Lipinski definition) is 0. The molecule has 0 radical (unpaired) electrons. The second-order valence-electron chi connectivity index (χ2n) is 29.9. The number of aryl methyl sites for hydroxylation is 1. The third kappa shape index (κ3) is 18.4. The second-order valence-corrected chi connectivity index (χ2v) is 33.2. The maximum Gasteiger partial charge on any atom is 0.524 e. The maximum atomic E-state index is 11.7. The fraction of sp³-hybridized carbons (Fsp3) is 0.790. The zero-order chi connectivity index (χ0) is 70.7. The Morgan fingerprint density at radius 1 is 0.511 bits per heavy atom. The fourth-order valence-corrected chi connectivity index (χ4v) is 12.8. The van der Waals surface area contributed by atoms with Crippen LogP contribution in [0.3, 0.4) is 0 Å². The lowest BCUT2D eigenvalue weighted by molar-refractivity contribution is -0.146. The number of nitrogens with zero attached hydrogens (tertiary/aromatic N) is 1. The Morgan fingerprint density at radius 2 is 0.826 bits per heavy atom. The number of allylic oxidation sites excluding steroid dienone is 4. The minimum Gasteiger partial charge on any atom is -0.466 e. The number of fused-ring (bicyclic) bond motifs is 3. The van der Waals surface area contributed by atoms with Gasteiger partial charge in [0.05, 0.1) is 71.2 Å². The van der Waals surface area contributed by atoms with Gasteiger partial charge >= 0.3 is 70.3 Å². The average molecular weight is 1350 g/mol. The number of ketones is 1. The summed E-state index contributed by atoms with van der Waals surface area (Å²) in [4.78, 5) is 49.8. The number of rotatable bonds is 10. The number of halogens is 6. The van der Waals surface area contributed by atoms with Crippen molar-refractivity contribution in [3.63, 3.8) is 0 Å². The molecule has 19 nitrogen and oxygen atoms in total. The third-order valence-electron chi connectivity index (χ3n) is 18.9. The lowest BCUT2D eigenvalue weighted by Gasteiger charge is -2.32. The van der Waals surface area contributed by atoms with Gasteiger partial charge in [0.2, 0.25) is 0 Å². The monoisotopic (exact) mass is 1350 g/mol. The molecule has 92 heavy (non-hydrogen) atoms. The molecule has 0 bridgehead atoms. The zero-order valence-corrected chi connectivity index (χ0v) is 59.2. The predicted octanol–water partition coefficient (Wildman–Crippen LogP) is 11.8. The van der Waals surface area contributed by atoms with Gasteiger partial charge in [-0.1, -0.05) is 59.3 Å². The minimum atomic E-state index is -6.85. The Balaban J connectivity index is 0.000000202. The van der Waals surface area contributed by atoms with Gasteiger partial charge in [-0.25, -0.2) is 0 Å². The van der Waals surface area contributed by atoms with E-state index in [0.717, 1.165) is 12.8 Å². The van der Waals surface area contributed by atoms with E-state index in [2.05, 4.69) is 107 Å². The number of aromatic nitrogens is 1. The molecule has 0 spiro atoms. The number of pyridine rings is 1. The van der Waals surface area contributed by atoms with Crippen molar-refractivity contribution in [2.45, 2.75) is 240 Å². The Bertz CT molecular complexity index is 3000. The van der Waals surface area contributed by atoms with Gasteiger partial charge in [0, 0.05) is 35.1 Å². The van der Waals surface area contributed by atoms with Crippen molar-refractivity contribution < 1.29 is 108 Å². The lowest BCUT2D eigenvalue weighted by Crippen LogP contribution is -2.41. The van der Waals surface area contributed by atoms with Crippen LogP contribution in [0.5, 0.6) is 0 Å². The number of ether oxygens (including phenoxy) is 3. The molecule has 3 saturated heterocycles. The highest BCUT2D eigenvalue weighted by Gasteiger charge is 2.65. The van der Waals surface area contributed by atoms with Crippen molar-refractivity contribution in [1.82, 2.24) is 4.98 Å². The van der Waals surface area contributed by atoms with Gasteiger partial charge in [-0.05, 0) is 189 Å². The summed E-state index contributed by atoms with van der Waals surface area (Å²) in [5.74, 6) is 3.01. The van der Waals surface area contributed by atoms with E-state index >= 15 is 0 Å². The van der Waals surface area contributed by atoms with Crippen LogP contribution in [0, 0.1) is 60.2 Å². The summed E-state index contributed by atoms with van der Waals surface area (Å²) in [7, 11) is -14.9. The zero-order valence-electron chi connectivity index (χ0n) is 57.6. The highest BCUT2D eigenvalue weighted by molar-refractivity contribution is 8.00. The highest BCUT2D eigenvalue weighted by Crippen LogP contribution is 2.59. The Morgan fingerprint density at radius 3 is 1.11 bits per heavy atom. The van der Waals surface area contributed by atoms with E-state index in [1.54, 1.807) is 6.92 Å². The van der Waals surface area contributed by atoms with Gasteiger partial charge in [-0.3, -0.25) is 24.2 Å². The Kier molecular flexibility index (Phi) is 23.6.